The van der Waals surface area contributed by atoms with Crippen molar-refractivity contribution in [1.82, 2.24) is 10.6 Å². The smallest absolute Gasteiger partial charge is 0.314 e. The number of hydrogen-bond acceptors (Lipinski definition) is 4. The van der Waals surface area contributed by atoms with Gasteiger partial charge in [-0.15, -0.1) is 0 Å². The van der Waals surface area contributed by atoms with Crippen molar-refractivity contribution in [2.24, 2.45) is 0 Å². The van der Waals surface area contributed by atoms with E-state index in [0.29, 0.717) is 32.7 Å². The number of aliphatic carboxylic acids is 1. The fraction of sp³-hybridized carbons (Fsp3) is 0.818. The Morgan fingerprint density at radius 2 is 2.22 bits per heavy atom. The Hall–Kier alpha value is -1.34. The predicted octanol–water partition coefficient (Wildman–Crippen LogP) is -0.0441. The lowest BCUT2D eigenvalue weighted by Gasteiger charge is -2.25. The third kappa shape index (κ3) is 4.89. The minimum atomic E-state index is -0.862. The molecule has 104 valence electrons. The van der Waals surface area contributed by atoms with E-state index in [2.05, 4.69) is 10.6 Å². The minimum absolute atomic E-state index is 0.0517. The van der Waals surface area contributed by atoms with Gasteiger partial charge in [0.15, 0.2) is 0 Å². The average Bonchev–Trinajstić information content (AvgIpc) is 2.81. The molecule has 7 heteroatoms. The predicted molar refractivity (Wildman–Crippen MR) is 63.4 cm³/mol. The van der Waals surface area contributed by atoms with E-state index in [4.69, 9.17) is 14.6 Å². The van der Waals surface area contributed by atoms with Gasteiger partial charge in [-0.2, -0.15) is 0 Å². The first-order chi connectivity index (χ1) is 8.58. The molecule has 1 heterocycles. The van der Waals surface area contributed by atoms with E-state index >= 15 is 0 Å². The summed E-state index contributed by atoms with van der Waals surface area (Å²) < 4.78 is 10.6. The summed E-state index contributed by atoms with van der Waals surface area (Å²) in [5, 5.41) is 13.7. The molecule has 2 amide bonds. The number of urea groups is 1. The summed E-state index contributed by atoms with van der Waals surface area (Å²) in [5.74, 6) is -0.862. The summed E-state index contributed by atoms with van der Waals surface area (Å²) in [6, 6.07) is -0.316. The highest BCUT2D eigenvalue weighted by atomic mass is 16.5. The van der Waals surface area contributed by atoms with Gasteiger partial charge in [-0.05, 0) is 6.42 Å². The normalized spacial score (nSPS) is 22.7. The molecular weight excluding hydrogens is 240 g/mol. The number of amides is 2. The molecule has 0 aromatic carbocycles. The molecule has 1 saturated heterocycles. The molecule has 7 nitrogen and oxygen atoms in total. The molecule has 0 radical (unpaired) electrons. The third-order valence-corrected chi connectivity index (χ3v) is 2.92. The molecule has 3 N–H and O–H groups in total. The molecule has 0 bridgehead atoms. The Morgan fingerprint density at radius 1 is 1.44 bits per heavy atom. The van der Waals surface area contributed by atoms with Gasteiger partial charge in [-0.1, -0.05) is 0 Å². The van der Waals surface area contributed by atoms with Crippen LogP contribution in [0.25, 0.3) is 0 Å². The van der Waals surface area contributed by atoms with Crippen molar-refractivity contribution in [3.05, 3.63) is 0 Å². The number of carbonyl (C=O) groups is 2. The van der Waals surface area contributed by atoms with Gasteiger partial charge in [-0.3, -0.25) is 4.79 Å². The summed E-state index contributed by atoms with van der Waals surface area (Å²) >= 11 is 0. The van der Waals surface area contributed by atoms with E-state index < -0.39 is 11.6 Å². The molecule has 0 spiro atoms. The van der Waals surface area contributed by atoms with Crippen molar-refractivity contribution >= 4 is 12.0 Å². The van der Waals surface area contributed by atoms with Gasteiger partial charge in [0.1, 0.15) is 5.60 Å². The van der Waals surface area contributed by atoms with Gasteiger partial charge < -0.3 is 25.2 Å². The number of ether oxygens (including phenoxy) is 2. The van der Waals surface area contributed by atoms with Crippen LogP contribution in [0.1, 0.15) is 19.3 Å². The average molecular weight is 260 g/mol. The van der Waals surface area contributed by atoms with Crippen molar-refractivity contribution in [2.45, 2.75) is 24.9 Å². The number of carboxylic acids is 1. The standard InChI is InChI=1S/C11H20N2O5/c1-17-11(4-6-18-8-11)7-13-10(16)12-5-2-3-9(14)15/h2-8H2,1H3,(H,14,15)(H2,12,13,16). The summed E-state index contributed by atoms with van der Waals surface area (Å²) in [6.07, 6.45) is 1.22. The zero-order valence-corrected chi connectivity index (χ0v) is 10.5. The van der Waals surface area contributed by atoms with Crippen LogP contribution in [-0.2, 0) is 14.3 Å². The second kappa shape index (κ2) is 7.17. The first-order valence-corrected chi connectivity index (χ1v) is 5.94. The van der Waals surface area contributed by atoms with Crippen molar-refractivity contribution in [2.75, 3.05) is 33.4 Å². The molecule has 1 aliphatic rings. The highest BCUT2D eigenvalue weighted by molar-refractivity contribution is 5.74. The number of methoxy groups -OCH3 is 1. The molecule has 0 aromatic rings. The Morgan fingerprint density at radius 3 is 2.78 bits per heavy atom. The molecule has 1 rings (SSSR count). The van der Waals surface area contributed by atoms with Crippen molar-refractivity contribution < 1.29 is 24.2 Å². The lowest BCUT2D eigenvalue weighted by Crippen LogP contribution is -2.48. The van der Waals surface area contributed by atoms with Crippen LogP contribution in [0.15, 0.2) is 0 Å². The van der Waals surface area contributed by atoms with Gasteiger partial charge in [0.25, 0.3) is 0 Å². The maximum Gasteiger partial charge on any atom is 0.314 e. The van der Waals surface area contributed by atoms with Gasteiger partial charge in [0.2, 0.25) is 0 Å². The van der Waals surface area contributed by atoms with Crippen LogP contribution in [-0.4, -0.2) is 56.1 Å². The number of hydrogen-bond donors (Lipinski definition) is 3. The monoisotopic (exact) mass is 260 g/mol. The van der Waals surface area contributed by atoms with Crippen molar-refractivity contribution in [3.8, 4) is 0 Å². The van der Waals surface area contributed by atoms with E-state index in [1.54, 1.807) is 7.11 Å². The first-order valence-electron chi connectivity index (χ1n) is 5.94. The van der Waals surface area contributed by atoms with E-state index in [0.717, 1.165) is 6.42 Å². The molecular formula is C11H20N2O5. The number of carbonyl (C=O) groups excluding carboxylic acids is 1. The highest BCUT2D eigenvalue weighted by Gasteiger charge is 2.35. The number of nitrogens with one attached hydrogen (secondary N) is 2. The topological polar surface area (TPSA) is 96.9 Å². The zero-order chi connectivity index (χ0) is 13.4. The van der Waals surface area contributed by atoms with Crippen LogP contribution in [0.4, 0.5) is 4.79 Å². The first kappa shape index (κ1) is 14.7. The Balaban J connectivity index is 2.14. The number of carboxylic acid groups (broad SMARTS) is 1. The molecule has 0 aromatic heterocycles. The minimum Gasteiger partial charge on any atom is -0.481 e. The zero-order valence-electron chi connectivity index (χ0n) is 10.5. The second-order valence-corrected chi connectivity index (χ2v) is 4.30. The molecule has 1 atom stereocenters. The summed E-state index contributed by atoms with van der Waals surface area (Å²) in [7, 11) is 1.60. The SMILES string of the molecule is COC1(CNC(=O)NCCCC(=O)O)CCOC1. The number of rotatable bonds is 7. The van der Waals surface area contributed by atoms with Gasteiger partial charge >= 0.3 is 12.0 Å². The largest absolute Gasteiger partial charge is 0.481 e. The van der Waals surface area contributed by atoms with E-state index in [1.807, 2.05) is 0 Å². The second-order valence-electron chi connectivity index (χ2n) is 4.30. The summed E-state index contributed by atoms with van der Waals surface area (Å²) in [6.45, 7) is 1.83. The molecule has 0 aliphatic carbocycles. The third-order valence-electron chi connectivity index (χ3n) is 2.92. The molecule has 0 saturated carbocycles. The van der Waals surface area contributed by atoms with Gasteiger partial charge in [0, 0.05) is 33.1 Å². The fourth-order valence-electron chi connectivity index (χ4n) is 1.71. The molecule has 1 aliphatic heterocycles. The van der Waals surface area contributed by atoms with E-state index in [-0.39, 0.29) is 12.5 Å². The maximum atomic E-state index is 11.4. The Labute approximate surface area is 106 Å². The quantitative estimate of drug-likeness (QED) is 0.558. The van der Waals surface area contributed by atoms with Crippen LogP contribution in [0.3, 0.4) is 0 Å². The van der Waals surface area contributed by atoms with Crippen LogP contribution in [0.5, 0.6) is 0 Å². The lowest BCUT2D eigenvalue weighted by molar-refractivity contribution is -0.137. The van der Waals surface area contributed by atoms with Crippen LogP contribution in [0.2, 0.25) is 0 Å². The van der Waals surface area contributed by atoms with E-state index in [1.165, 1.54) is 0 Å². The molecule has 1 fully saturated rings. The lowest BCUT2D eigenvalue weighted by atomic mass is 10.0. The molecule has 1 unspecified atom stereocenters. The Bertz CT molecular complexity index is 289. The summed E-state index contributed by atoms with van der Waals surface area (Å²) in [5.41, 5.74) is -0.432. The van der Waals surface area contributed by atoms with Crippen LogP contribution in [0, 0.1) is 0 Å². The molecule has 18 heavy (non-hydrogen) atoms. The van der Waals surface area contributed by atoms with Gasteiger partial charge in [-0.25, -0.2) is 4.79 Å². The maximum absolute atomic E-state index is 11.4. The van der Waals surface area contributed by atoms with Crippen LogP contribution < -0.4 is 10.6 Å². The summed E-state index contributed by atoms with van der Waals surface area (Å²) in [4.78, 5) is 21.7. The Kier molecular flexibility index (Phi) is 5.87. The van der Waals surface area contributed by atoms with E-state index in [9.17, 15) is 9.59 Å². The van der Waals surface area contributed by atoms with Crippen molar-refractivity contribution in [1.29, 1.82) is 0 Å². The van der Waals surface area contributed by atoms with Gasteiger partial charge in [0.05, 0.1) is 13.2 Å². The van der Waals surface area contributed by atoms with Crippen molar-refractivity contribution in [3.63, 3.8) is 0 Å². The van der Waals surface area contributed by atoms with Crippen LogP contribution >= 0.6 is 0 Å². The fourth-order valence-corrected chi connectivity index (χ4v) is 1.71. The highest BCUT2D eigenvalue weighted by Crippen LogP contribution is 2.21.